The topological polar surface area (TPSA) is 84.7 Å². The van der Waals surface area contributed by atoms with Gasteiger partial charge in [0.1, 0.15) is 10.6 Å². The molecule has 0 aliphatic carbocycles. The molecule has 0 radical (unpaired) electrons. The molecule has 0 amide bonds. The molecule has 1 aromatic rings. The summed E-state index contributed by atoms with van der Waals surface area (Å²) in [7, 11) is 1.32. The molecule has 0 bridgehead atoms. The summed E-state index contributed by atoms with van der Waals surface area (Å²) in [4.78, 5) is 26.5. The Morgan fingerprint density at radius 3 is 2.60 bits per heavy atom. The highest BCUT2D eigenvalue weighted by molar-refractivity contribution is 7.19. The summed E-state index contributed by atoms with van der Waals surface area (Å²) in [6, 6.07) is 0. The van der Waals surface area contributed by atoms with Crippen molar-refractivity contribution in [3.05, 3.63) is 10.4 Å². The molecule has 2 rings (SSSR count). The van der Waals surface area contributed by atoms with E-state index in [-0.39, 0.29) is 11.5 Å². The van der Waals surface area contributed by atoms with Crippen LogP contribution in [0.15, 0.2) is 0 Å². The van der Waals surface area contributed by atoms with Gasteiger partial charge in [0.05, 0.1) is 17.7 Å². The van der Waals surface area contributed by atoms with Crippen LogP contribution >= 0.6 is 11.3 Å². The number of hydrogen-bond acceptors (Lipinski definition) is 7. The normalized spacial score (nSPS) is 15.2. The zero-order valence-corrected chi connectivity index (χ0v) is 12.5. The van der Waals surface area contributed by atoms with Gasteiger partial charge in [-0.2, -0.15) is 0 Å². The Morgan fingerprint density at radius 2 is 2.05 bits per heavy atom. The summed E-state index contributed by atoms with van der Waals surface area (Å²) < 4.78 is 4.81. The highest BCUT2D eigenvalue weighted by Gasteiger charge is 2.28. The minimum Gasteiger partial charge on any atom is -0.465 e. The highest BCUT2D eigenvalue weighted by Crippen LogP contribution is 2.39. The molecule has 0 aromatic carbocycles. The molecule has 2 heterocycles. The SMILES string of the molecule is CCC(=O)c1sc(N2CCNCC2)c(C(=O)OC)c1N. The molecule has 1 fully saturated rings. The van der Waals surface area contributed by atoms with Gasteiger partial charge in [-0.3, -0.25) is 4.79 Å². The Morgan fingerprint density at radius 1 is 1.40 bits per heavy atom. The van der Waals surface area contributed by atoms with Crippen LogP contribution in [0.2, 0.25) is 0 Å². The van der Waals surface area contributed by atoms with E-state index in [1.54, 1.807) is 6.92 Å². The number of piperazine rings is 1. The summed E-state index contributed by atoms with van der Waals surface area (Å²) in [6.45, 7) is 5.03. The van der Waals surface area contributed by atoms with Crippen LogP contribution < -0.4 is 16.0 Å². The Labute approximate surface area is 121 Å². The van der Waals surface area contributed by atoms with Crippen molar-refractivity contribution >= 4 is 33.8 Å². The second-order valence-electron chi connectivity index (χ2n) is 4.53. The highest BCUT2D eigenvalue weighted by atomic mass is 32.1. The standard InChI is InChI=1S/C13H19N3O3S/c1-3-8(17)11-10(14)9(13(18)19-2)12(20-11)16-6-4-15-5-7-16/h15H,3-7,14H2,1-2H3. The van der Waals surface area contributed by atoms with E-state index >= 15 is 0 Å². The predicted molar refractivity (Wildman–Crippen MR) is 79.8 cm³/mol. The van der Waals surface area contributed by atoms with E-state index in [2.05, 4.69) is 10.2 Å². The van der Waals surface area contributed by atoms with Gasteiger partial charge >= 0.3 is 5.97 Å². The Hall–Kier alpha value is -1.60. The van der Waals surface area contributed by atoms with Crippen LogP contribution in [0, 0.1) is 0 Å². The number of esters is 1. The van der Waals surface area contributed by atoms with E-state index in [1.807, 2.05) is 0 Å². The van der Waals surface area contributed by atoms with Crippen LogP contribution in [0.3, 0.4) is 0 Å². The number of nitrogen functional groups attached to an aromatic ring is 1. The van der Waals surface area contributed by atoms with Crippen LogP contribution in [0.5, 0.6) is 0 Å². The van der Waals surface area contributed by atoms with Gasteiger partial charge < -0.3 is 20.7 Å². The van der Waals surface area contributed by atoms with Gasteiger partial charge in [0, 0.05) is 32.6 Å². The third kappa shape index (κ3) is 2.64. The average molecular weight is 297 g/mol. The van der Waals surface area contributed by atoms with E-state index < -0.39 is 5.97 Å². The Balaban J connectivity index is 2.47. The number of nitrogens with one attached hydrogen (secondary N) is 1. The monoisotopic (exact) mass is 297 g/mol. The fraction of sp³-hybridized carbons (Fsp3) is 0.538. The van der Waals surface area contributed by atoms with Gasteiger partial charge in [0.15, 0.2) is 5.78 Å². The lowest BCUT2D eigenvalue weighted by Crippen LogP contribution is -2.43. The molecule has 110 valence electrons. The maximum Gasteiger partial charge on any atom is 0.343 e. The minimum atomic E-state index is -0.484. The largest absolute Gasteiger partial charge is 0.465 e. The second kappa shape index (κ2) is 6.23. The number of Topliss-reactive ketones (excluding diaryl/α,β-unsaturated/α-hetero) is 1. The van der Waals surface area contributed by atoms with Crippen molar-refractivity contribution in [3.63, 3.8) is 0 Å². The van der Waals surface area contributed by atoms with Gasteiger partial charge in [0.25, 0.3) is 0 Å². The number of anilines is 2. The summed E-state index contributed by atoms with van der Waals surface area (Å²) in [5.41, 5.74) is 6.59. The predicted octanol–water partition coefficient (Wildman–Crippen LogP) is 1.12. The number of nitrogens with two attached hydrogens (primary N) is 1. The number of thiophene rings is 1. The van der Waals surface area contributed by atoms with Crippen LogP contribution in [0.4, 0.5) is 10.7 Å². The van der Waals surface area contributed by atoms with E-state index in [0.717, 1.165) is 31.2 Å². The molecule has 0 saturated carbocycles. The van der Waals surface area contributed by atoms with Crippen LogP contribution in [0.25, 0.3) is 0 Å². The first-order chi connectivity index (χ1) is 9.60. The Kier molecular flexibility index (Phi) is 4.61. The molecule has 0 atom stereocenters. The molecular weight excluding hydrogens is 278 g/mol. The van der Waals surface area contributed by atoms with Crippen molar-refractivity contribution in [1.82, 2.24) is 5.32 Å². The fourth-order valence-corrected chi connectivity index (χ4v) is 3.46. The molecule has 3 N–H and O–H groups in total. The number of ketones is 1. The molecule has 20 heavy (non-hydrogen) atoms. The first kappa shape index (κ1) is 14.8. The van der Waals surface area contributed by atoms with Crippen LogP contribution in [0.1, 0.15) is 33.4 Å². The molecule has 6 nitrogen and oxygen atoms in total. The molecule has 1 saturated heterocycles. The van der Waals surface area contributed by atoms with Gasteiger partial charge in [-0.25, -0.2) is 4.79 Å². The van der Waals surface area contributed by atoms with Crippen LogP contribution in [-0.2, 0) is 4.74 Å². The van der Waals surface area contributed by atoms with Crippen molar-refractivity contribution < 1.29 is 14.3 Å². The Bertz CT molecular complexity index is 521. The lowest BCUT2D eigenvalue weighted by atomic mass is 10.1. The number of carbonyl (C=O) groups is 2. The molecular formula is C13H19N3O3S. The zero-order chi connectivity index (χ0) is 14.7. The molecule has 7 heteroatoms. The van der Waals surface area contributed by atoms with Gasteiger partial charge in [-0.15, -0.1) is 11.3 Å². The van der Waals surface area contributed by atoms with Crippen molar-refractivity contribution in [2.75, 3.05) is 43.9 Å². The first-order valence-corrected chi connectivity index (χ1v) is 7.41. The number of carbonyl (C=O) groups excluding carboxylic acids is 2. The number of nitrogens with zero attached hydrogens (tertiary/aromatic N) is 1. The lowest BCUT2D eigenvalue weighted by Gasteiger charge is -2.28. The summed E-state index contributed by atoms with van der Waals surface area (Å²) in [5, 5.41) is 3.99. The minimum absolute atomic E-state index is 0.0426. The number of hydrogen-bond donors (Lipinski definition) is 2. The molecule has 1 aromatic heterocycles. The van der Waals surface area contributed by atoms with E-state index in [1.165, 1.54) is 18.4 Å². The van der Waals surface area contributed by atoms with Gasteiger partial charge in [-0.1, -0.05) is 6.92 Å². The average Bonchev–Trinajstić information content (AvgIpc) is 2.84. The molecule has 0 spiro atoms. The van der Waals surface area contributed by atoms with Gasteiger partial charge in [0.2, 0.25) is 0 Å². The van der Waals surface area contributed by atoms with Crippen molar-refractivity contribution in [2.45, 2.75) is 13.3 Å². The fourth-order valence-electron chi connectivity index (χ4n) is 2.19. The number of methoxy groups -OCH3 is 1. The molecule has 1 aliphatic heterocycles. The zero-order valence-electron chi connectivity index (χ0n) is 11.7. The second-order valence-corrected chi connectivity index (χ2v) is 5.53. The van der Waals surface area contributed by atoms with Crippen molar-refractivity contribution in [2.24, 2.45) is 0 Å². The molecule has 1 aliphatic rings. The maximum absolute atomic E-state index is 12.0. The smallest absolute Gasteiger partial charge is 0.343 e. The van der Waals surface area contributed by atoms with Crippen LogP contribution in [-0.4, -0.2) is 45.0 Å². The third-order valence-corrected chi connectivity index (χ3v) is 4.60. The van der Waals surface area contributed by atoms with Gasteiger partial charge in [-0.05, 0) is 0 Å². The molecule has 0 unspecified atom stereocenters. The van der Waals surface area contributed by atoms with E-state index in [9.17, 15) is 9.59 Å². The maximum atomic E-state index is 12.0. The summed E-state index contributed by atoms with van der Waals surface area (Å²) in [5.74, 6) is -0.526. The number of rotatable bonds is 4. The quantitative estimate of drug-likeness (QED) is 0.640. The van der Waals surface area contributed by atoms with E-state index in [0.29, 0.717) is 16.9 Å². The van der Waals surface area contributed by atoms with Crippen molar-refractivity contribution in [3.8, 4) is 0 Å². The van der Waals surface area contributed by atoms with Crippen molar-refractivity contribution in [1.29, 1.82) is 0 Å². The first-order valence-electron chi connectivity index (χ1n) is 6.59. The third-order valence-electron chi connectivity index (χ3n) is 3.29. The summed E-state index contributed by atoms with van der Waals surface area (Å²) in [6.07, 6.45) is 0.367. The number of ether oxygens (including phenoxy) is 1. The van der Waals surface area contributed by atoms with E-state index in [4.69, 9.17) is 10.5 Å². The summed E-state index contributed by atoms with van der Waals surface area (Å²) >= 11 is 1.29. The lowest BCUT2D eigenvalue weighted by molar-refractivity contribution is 0.0603.